The van der Waals surface area contributed by atoms with Crippen LogP contribution in [-0.4, -0.2) is 11.9 Å². The number of urea groups is 1. The SMILES string of the molecule is CC(C)C1=NC(=O)N=N1. The lowest BCUT2D eigenvalue weighted by molar-refractivity contribution is 0.257. The summed E-state index contributed by atoms with van der Waals surface area (Å²) in [6.07, 6.45) is 0. The lowest BCUT2D eigenvalue weighted by atomic mass is 10.2. The minimum Gasteiger partial charge on any atom is -0.242 e. The summed E-state index contributed by atoms with van der Waals surface area (Å²) < 4.78 is 0. The summed E-state index contributed by atoms with van der Waals surface area (Å²) >= 11 is 0. The summed E-state index contributed by atoms with van der Waals surface area (Å²) in [6, 6.07) is -0.487. The molecule has 0 aliphatic carbocycles. The van der Waals surface area contributed by atoms with Gasteiger partial charge in [-0.15, -0.1) is 5.11 Å². The molecule has 0 N–H and O–H groups in total. The van der Waals surface area contributed by atoms with Gasteiger partial charge in [0.2, 0.25) is 0 Å². The van der Waals surface area contributed by atoms with Crippen LogP contribution in [0.1, 0.15) is 13.8 Å². The Balaban J connectivity index is 2.75. The number of hydrogen-bond acceptors (Lipinski definition) is 2. The van der Waals surface area contributed by atoms with Gasteiger partial charge in [0.1, 0.15) is 0 Å². The summed E-state index contributed by atoms with van der Waals surface area (Å²) in [4.78, 5) is 13.8. The van der Waals surface area contributed by atoms with Crippen molar-refractivity contribution in [2.45, 2.75) is 13.8 Å². The van der Waals surface area contributed by atoms with Crippen LogP contribution in [0.3, 0.4) is 0 Å². The Morgan fingerprint density at radius 3 is 2.22 bits per heavy atom. The molecule has 4 heteroatoms. The van der Waals surface area contributed by atoms with E-state index in [9.17, 15) is 4.79 Å². The first-order valence-corrected chi connectivity index (χ1v) is 2.74. The first-order chi connectivity index (χ1) is 4.20. The molecule has 0 unspecified atom stereocenters. The Labute approximate surface area is 52.7 Å². The van der Waals surface area contributed by atoms with E-state index in [1.807, 2.05) is 13.8 Å². The van der Waals surface area contributed by atoms with Crippen molar-refractivity contribution in [3.05, 3.63) is 0 Å². The minimum atomic E-state index is -0.487. The smallest absolute Gasteiger partial charge is 0.242 e. The van der Waals surface area contributed by atoms with Gasteiger partial charge in [0, 0.05) is 5.92 Å². The Kier molecular flexibility index (Phi) is 1.38. The molecule has 0 spiro atoms. The summed E-state index contributed by atoms with van der Waals surface area (Å²) in [5, 5.41) is 6.76. The zero-order valence-corrected chi connectivity index (χ0v) is 5.33. The Morgan fingerprint density at radius 1 is 1.33 bits per heavy atom. The third-order valence-electron chi connectivity index (χ3n) is 0.965. The van der Waals surface area contributed by atoms with E-state index in [0.717, 1.165) is 0 Å². The molecule has 0 fully saturated rings. The molecule has 1 aliphatic rings. The second kappa shape index (κ2) is 2.05. The van der Waals surface area contributed by atoms with E-state index in [0.29, 0.717) is 5.84 Å². The highest BCUT2D eigenvalue weighted by Crippen LogP contribution is 2.06. The van der Waals surface area contributed by atoms with E-state index in [4.69, 9.17) is 0 Å². The second-order valence-corrected chi connectivity index (χ2v) is 2.11. The molecule has 0 aromatic heterocycles. The van der Waals surface area contributed by atoms with Gasteiger partial charge in [0.25, 0.3) is 0 Å². The minimum absolute atomic E-state index is 0.195. The molecule has 0 aromatic carbocycles. The van der Waals surface area contributed by atoms with Gasteiger partial charge in [-0.1, -0.05) is 19.0 Å². The molecule has 0 aromatic rings. The number of rotatable bonds is 1. The first kappa shape index (κ1) is 6.07. The van der Waals surface area contributed by atoms with E-state index in [-0.39, 0.29) is 5.92 Å². The number of azo groups is 1. The van der Waals surface area contributed by atoms with Crippen LogP contribution in [0.25, 0.3) is 0 Å². The maximum Gasteiger partial charge on any atom is 0.387 e. The first-order valence-electron chi connectivity index (χ1n) is 2.74. The van der Waals surface area contributed by atoms with Gasteiger partial charge >= 0.3 is 6.03 Å². The molecular weight excluding hydrogens is 118 g/mol. The van der Waals surface area contributed by atoms with Gasteiger partial charge in [0.15, 0.2) is 5.84 Å². The molecule has 0 atom stereocenters. The average molecular weight is 125 g/mol. The van der Waals surface area contributed by atoms with Crippen LogP contribution >= 0.6 is 0 Å². The molecule has 2 amide bonds. The van der Waals surface area contributed by atoms with Gasteiger partial charge in [-0.05, 0) is 0 Å². The summed E-state index contributed by atoms with van der Waals surface area (Å²) in [7, 11) is 0. The average Bonchev–Trinajstić information content (AvgIpc) is 2.14. The van der Waals surface area contributed by atoms with E-state index < -0.39 is 6.03 Å². The van der Waals surface area contributed by atoms with Gasteiger partial charge in [-0.3, -0.25) is 0 Å². The monoisotopic (exact) mass is 125 g/mol. The maximum absolute atomic E-state index is 10.3. The number of aliphatic imine (C=N–C) groups is 1. The summed E-state index contributed by atoms with van der Waals surface area (Å²) in [5.41, 5.74) is 0. The molecular formula is C5H7N3O. The standard InChI is InChI=1S/C5H7N3O/c1-3(2)4-6-5(9)8-7-4/h3H,1-2H3. The molecule has 48 valence electrons. The molecule has 0 saturated heterocycles. The lowest BCUT2D eigenvalue weighted by Gasteiger charge is -1.93. The Morgan fingerprint density at radius 2 is 2.00 bits per heavy atom. The highest BCUT2D eigenvalue weighted by atomic mass is 16.2. The quantitative estimate of drug-likeness (QED) is 0.525. The fraction of sp³-hybridized carbons (Fsp3) is 0.600. The number of nitrogens with zero attached hydrogens (tertiary/aromatic N) is 3. The number of amidine groups is 1. The van der Waals surface area contributed by atoms with Gasteiger partial charge < -0.3 is 0 Å². The highest BCUT2D eigenvalue weighted by Gasteiger charge is 2.12. The Hall–Kier alpha value is -1.06. The number of hydrogen-bond donors (Lipinski definition) is 0. The van der Waals surface area contributed by atoms with Crippen molar-refractivity contribution in [3.63, 3.8) is 0 Å². The predicted octanol–water partition coefficient (Wildman–Crippen LogP) is 1.63. The second-order valence-electron chi connectivity index (χ2n) is 2.11. The van der Waals surface area contributed by atoms with Crippen molar-refractivity contribution in [1.29, 1.82) is 0 Å². The van der Waals surface area contributed by atoms with Gasteiger partial charge in [0.05, 0.1) is 0 Å². The topological polar surface area (TPSA) is 54.1 Å². The molecule has 1 heterocycles. The van der Waals surface area contributed by atoms with Crippen molar-refractivity contribution in [1.82, 2.24) is 0 Å². The van der Waals surface area contributed by atoms with Crippen LogP contribution in [0.5, 0.6) is 0 Å². The fourth-order valence-electron chi connectivity index (χ4n) is 0.481. The third-order valence-corrected chi connectivity index (χ3v) is 0.965. The van der Waals surface area contributed by atoms with Crippen LogP contribution in [0.15, 0.2) is 15.2 Å². The molecule has 1 rings (SSSR count). The van der Waals surface area contributed by atoms with Crippen LogP contribution in [0.4, 0.5) is 4.79 Å². The molecule has 4 nitrogen and oxygen atoms in total. The van der Waals surface area contributed by atoms with Crippen molar-refractivity contribution in [2.75, 3.05) is 0 Å². The van der Waals surface area contributed by atoms with E-state index in [1.165, 1.54) is 0 Å². The van der Waals surface area contributed by atoms with Crippen LogP contribution in [0, 0.1) is 5.92 Å². The number of carbonyl (C=O) groups excluding carboxylic acids is 1. The van der Waals surface area contributed by atoms with Crippen LogP contribution in [-0.2, 0) is 0 Å². The van der Waals surface area contributed by atoms with Crippen molar-refractivity contribution >= 4 is 11.9 Å². The fourth-order valence-corrected chi connectivity index (χ4v) is 0.481. The van der Waals surface area contributed by atoms with E-state index in [2.05, 4.69) is 15.2 Å². The van der Waals surface area contributed by atoms with Crippen LogP contribution < -0.4 is 0 Å². The molecule has 9 heavy (non-hydrogen) atoms. The van der Waals surface area contributed by atoms with E-state index in [1.54, 1.807) is 0 Å². The highest BCUT2D eigenvalue weighted by molar-refractivity contribution is 5.99. The zero-order valence-electron chi connectivity index (χ0n) is 5.33. The molecule has 0 saturated carbocycles. The van der Waals surface area contributed by atoms with Crippen molar-refractivity contribution < 1.29 is 4.79 Å². The predicted molar refractivity (Wildman–Crippen MR) is 32.5 cm³/mol. The van der Waals surface area contributed by atoms with Gasteiger partial charge in [-0.2, -0.15) is 4.99 Å². The lowest BCUT2D eigenvalue weighted by Crippen LogP contribution is -2.00. The summed E-state index contributed by atoms with van der Waals surface area (Å²) in [5.74, 6) is 0.722. The molecule has 1 aliphatic heterocycles. The van der Waals surface area contributed by atoms with E-state index >= 15 is 0 Å². The normalized spacial score (nSPS) is 17.2. The summed E-state index contributed by atoms with van der Waals surface area (Å²) in [6.45, 7) is 3.83. The zero-order chi connectivity index (χ0) is 6.85. The van der Waals surface area contributed by atoms with Gasteiger partial charge in [-0.25, -0.2) is 4.79 Å². The number of carbonyl (C=O) groups is 1. The third kappa shape index (κ3) is 1.19. The number of amides is 2. The van der Waals surface area contributed by atoms with Crippen molar-refractivity contribution in [2.24, 2.45) is 21.1 Å². The Bertz CT molecular complexity index is 192. The largest absolute Gasteiger partial charge is 0.387 e. The van der Waals surface area contributed by atoms with Crippen LogP contribution in [0.2, 0.25) is 0 Å². The molecule has 0 bridgehead atoms. The van der Waals surface area contributed by atoms with Crippen molar-refractivity contribution in [3.8, 4) is 0 Å². The maximum atomic E-state index is 10.3. The molecule has 0 radical (unpaired) electrons.